The lowest BCUT2D eigenvalue weighted by atomic mass is 10.2. The zero-order valence-corrected chi connectivity index (χ0v) is 11.2. The van der Waals surface area contributed by atoms with Crippen LogP contribution in [0, 0.1) is 5.41 Å². The van der Waals surface area contributed by atoms with Crippen molar-refractivity contribution in [1.82, 2.24) is 15.1 Å². The standard InChI is InChI=1S/C12H20ClN3/c1-5-8-11(13)9(16(4)15-8)7-14-10-6-12(10,2)3/h10,14H,5-7H2,1-4H3. The Morgan fingerprint density at radius 1 is 1.56 bits per heavy atom. The second-order valence-corrected chi connectivity index (χ2v) is 5.69. The number of hydrogen-bond donors (Lipinski definition) is 1. The van der Waals surface area contributed by atoms with E-state index >= 15 is 0 Å². The van der Waals surface area contributed by atoms with E-state index in [0.717, 1.165) is 29.4 Å². The molecule has 2 rings (SSSR count). The zero-order valence-electron chi connectivity index (χ0n) is 10.5. The fourth-order valence-corrected chi connectivity index (χ4v) is 2.41. The van der Waals surface area contributed by atoms with Gasteiger partial charge in [-0.1, -0.05) is 32.4 Å². The van der Waals surface area contributed by atoms with E-state index in [1.807, 2.05) is 11.7 Å². The number of aryl methyl sites for hydroxylation is 2. The number of hydrogen-bond acceptors (Lipinski definition) is 2. The first-order chi connectivity index (χ1) is 7.45. The molecule has 90 valence electrons. The average molecular weight is 242 g/mol. The van der Waals surface area contributed by atoms with Crippen LogP contribution < -0.4 is 5.32 Å². The van der Waals surface area contributed by atoms with Crippen molar-refractivity contribution in [1.29, 1.82) is 0 Å². The minimum absolute atomic E-state index is 0.457. The summed E-state index contributed by atoms with van der Waals surface area (Å²) in [7, 11) is 1.96. The van der Waals surface area contributed by atoms with Gasteiger partial charge < -0.3 is 5.32 Å². The number of aromatic nitrogens is 2. The smallest absolute Gasteiger partial charge is 0.0863 e. The van der Waals surface area contributed by atoms with Crippen molar-refractivity contribution in [3.8, 4) is 0 Å². The third kappa shape index (κ3) is 2.11. The van der Waals surface area contributed by atoms with E-state index in [1.54, 1.807) is 0 Å². The SMILES string of the molecule is CCc1nn(C)c(CNC2CC2(C)C)c1Cl. The van der Waals surface area contributed by atoms with Crippen molar-refractivity contribution in [2.45, 2.75) is 46.2 Å². The lowest BCUT2D eigenvalue weighted by molar-refractivity contribution is 0.529. The van der Waals surface area contributed by atoms with Crippen LogP contribution in [0.5, 0.6) is 0 Å². The Labute approximate surface area is 102 Å². The lowest BCUT2D eigenvalue weighted by Crippen LogP contribution is -2.21. The van der Waals surface area contributed by atoms with E-state index in [-0.39, 0.29) is 0 Å². The number of rotatable bonds is 4. The van der Waals surface area contributed by atoms with Gasteiger partial charge in [-0.2, -0.15) is 5.10 Å². The molecule has 1 aromatic heterocycles. The van der Waals surface area contributed by atoms with Gasteiger partial charge in [-0.25, -0.2) is 0 Å². The Morgan fingerprint density at radius 3 is 2.62 bits per heavy atom. The normalized spacial score (nSPS) is 22.4. The number of halogens is 1. The topological polar surface area (TPSA) is 29.9 Å². The van der Waals surface area contributed by atoms with Crippen LogP contribution in [0.25, 0.3) is 0 Å². The molecule has 1 atom stereocenters. The highest BCUT2D eigenvalue weighted by atomic mass is 35.5. The average Bonchev–Trinajstić information content (AvgIpc) is 2.72. The van der Waals surface area contributed by atoms with Gasteiger partial charge in [-0.05, 0) is 18.3 Å². The maximum absolute atomic E-state index is 6.28. The van der Waals surface area contributed by atoms with Gasteiger partial charge in [0.1, 0.15) is 0 Å². The molecule has 1 fully saturated rings. The minimum Gasteiger partial charge on any atom is -0.308 e. The van der Waals surface area contributed by atoms with Crippen molar-refractivity contribution < 1.29 is 0 Å². The fourth-order valence-electron chi connectivity index (χ4n) is 2.05. The molecule has 0 aromatic carbocycles. The molecule has 4 heteroatoms. The minimum atomic E-state index is 0.457. The molecule has 1 unspecified atom stereocenters. The second kappa shape index (κ2) is 4.04. The van der Waals surface area contributed by atoms with Crippen molar-refractivity contribution in [3.05, 3.63) is 16.4 Å². The molecule has 0 spiro atoms. The molecule has 0 saturated heterocycles. The first-order valence-electron chi connectivity index (χ1n) is 5.89. The highest BCUT2D eigenvalue weighted by Crippen LogP contribution is 2.44. The van der Waals surface area contributed by atoms with E-state index < -0.39 is 0 Å². The Kier molecular flexibility index (Phi) is 3.01. The number of nitrogens with one attached hydrogen (secondary N) is 1. The van der Waals surface area contributed by atoms with Gasteiger partial charge in [-0.3, -0.25) is 4.68 Å². The molecule has 0 amide bonds. The maximum atomic E-state index is 6.28. The monoisotopic (exact) mass is 241 g/mol. The van der Waals surface area contributed by atoms with Crippen LogP contribution in [0.15, 0.2) is 0 Å². The van der Waals surface area contributed by atoms with Crippen LogP contribution in [0.4, 0.5) is 0 Å². The van der Waals surface area contributed by atoms with Crippen LogP contribution in [-0.4, -0.2) is 15.8 Å². The van der Waals surface area contributed by atoms with Gasteiger partial charge in [-0.15, -0.1) is 0 Å². The summed E-state index contributed by atoms with van der Waals surface area (Å²) < 4.78 is 1.89. The predicted molar refractivity (Wildman–Crippen MR) is 66.6 cm³/mol. The molecule has 1 aliphatic carbocycles. The van der Waals surface area contributed by atoms with Crippen LogP contribution in [0.2, 0.25) is 5.02 Å². The van der Waals surface area contributed by atoms with Crippen LogP contribution in [0.1, 0.15) is 38.6 Å². The maximum Gasteiger partial charge on any atom is 0.0863 e. The zero-order chi connectivity index (χ0) is 11.9. The van der Waals surface area contributed by atoms with E-state index in [0.29, 0.717) is 11.5 Å². The van der Waals surface area contributed by atoms with Gasteiger partial charge in [0.05, 0.1) is 16.4 Å². The number of nitrogens with zero attached hydrogens (tertiary/aromatic N) is 2. The molecule has 0 bridgehead atoms. The molecule has 1 N–H and O–H groups in total. The third-order valence-electron chi connectivity index (χ3n) is 3.53. The quantitative estimate of drug-likeness (QED) is 0.878. The van der Waals surface area contributed by atoms with Crippen molar-refractivity contribution >= 4 is 11.6 Å². The summed E-state index contributed by atoms with van der Waals surface area (Å²) in [6, 6.07) is 0.628. The summed E-state index contributed by atoms with van der Waals surface area (Å²) >= 11 is 6.28. The van der Waals surface area contributed by atoms with E-state index in [2.05, 4.69) is 31.2 Å². The Balaban J connectivity index is 2.02. The van der Waals surface area contributed by atoms with Crippen molar-refractivity contribution in [2.24, 2.45) is 12.5 Å². The first kappa shape index (κ1) is 11.9. The Morgan fingerprint density at radius 2 is 2.19 bits per heavy atom. The molecular weight excluding hydrogens is 222 g/mol. The molecule has 3 nitrogen and oxygen atoms in total. The van der Waals surface area contributed by atoms with Gasteiger partial charge in [0.15, 0.2) is 0 Å². The van der Waals surface area contributed by atoms with Gasteiger partial charge >= 0.3 is 0 Å². The van der Waals surface area contributed by atoms with Gasteiger partial charge in [0.25, 0.3) is 0 Å². The van der Waals surface area contributed by atoms with Crippen molar-refractivity contribution in [2.75, 3.05) is 0 Å². The molecule has 0 radical (unpaired) electrons. The summed E-state index contributed by atoms with van der Waals surface area (Å²) in [4.78, 5) is 0. The van der Waals surface area contributed by atoms with Gasteiger partial charge in [0.2, 0.25) is 0 Å². The summed E-state index contributed by atoms with van der Waals surface area (Å²) in [5.74, 6) is 0. The predicted octanol–water partition coefficient (Wildman–Crippen LogP) is 2.52. The van der Waals surface area contributed by atoms with E-state index in [9.17, 15) is 0 Å². The second-order valence-electron chi connectivity index (χ2n) is 5.31. The molecule has 0 aliphatic heterocycles. The largest absolute Gasteiger partial charge is 0.308 e. The van der Waals surface area contributed by atoms with Crippen molar-refractivity contribution in [3.63, 3.8) is 0 Å². The molecular formula is C12H20ClN3. The van der Waals surface area contributed by atoms with E-state index in [4.69, 9.17) is 11.6 Å². The summed E-state index contributed by atoms with van der Waals surface area (Å²) in [6.07, 6.45) is 2.14. The van der Waals surface area contributed by atoms with E-state index in [1.165, 1.54) is 6.42 Å². The lowest BCUT2D eigenvalue weighted by Gasteiger charge is -2.07. The van der Waals surface area contributed by atoms with Crippen LogP contribution >= 0.6 is 11.6 Å². The Hall–Kier alpha value is -0.540. The van der Waals surface area contributed by atoms with Crippen LogP contribution in [-0.2, 0) is 20.0 Å². The highest BCUT2D eigenvalue weighted by Gasteiger charge is 2.45. The summed E-state index contributed by atoms with van der Waals surface area (Å²) in [5.41, 5.74) is 2.55. The van der Waals surface area contributed by atoms with Crippen LogP contribution in [0.3, 0.4) is 0 Å². The first-order valence-corrected chi connectivity index (χ1v) is 6.27. The van der Waals surface area contributed by atoms with Gasteiger partial charge in [0, 0.05) is 19.6 Å². The molecule has 16 heavy (non-hydrogen) atoms. The molecule has 1 aliphatic rings. The highest BCUT2D eigenvalue weighted by molar-refractivity contribution is 6.31. The molecule has 1 aromatic rings. The molecule has 1 heterocycles. The fraction of sp³-hybridized carbons (Fsp3) is 0.750. The third-order valence-corrected chi connectivity index (χ3v) is 3.97. The summed E-state index contributed by atoms with van der Waals surface area (Å²) in [6.45, 7) is 7.46. The Bertz CT molecular complexity index is 395. The summed E-state index contributed by atoms with van der Waals surface area (Å²) in [5, 5.41) is 8.77. The molecule has 1 saturated carbocycles.